The molecular formula is C13H18FN3O2. The monoisotopic (exact) mass is 267 g/mol. The molecule has 0 aromatic heterocycles. The molecule has 2 rings (SSSR count). The van der Waals surface area contributed by atoms with Gasteiger partial charge in [-0.05, 0) is 32.9 Å². The summed E-state index contributed by atoms with van der Waals surface area (Å²) in [4.78, 5) is 12.2. The minimum Gasteiger partial charge on any atom is -0.371 e. The molecule has 0 unspecified atom stereocenters. The molecule has 1 saturated heterocycles. The van der Waals surface area contributed by atoms with Gasteiger partial charge in [0.25, 0.3) is 5.69 Å². The first-order chi connectivity index (χ1) is 8.93. The zero-order chi connectivity index (χ0) is 14.0. The summed E-state index contributed by atoms with van der Waals surface area (Å²) in [6.07, 6.45) is 1.85. The van der Waals surface area contributed by atoms with E-state index in [0.29, 0.717) is 5.69 Å². The summed E-state index contributed by atoms with van der Waals surface area (Å²) in [5, 5.41) is 14.0. The molecule has 19 heavy (non-hydrogen) atoms. The quantitative estimate of drug-likeness (QED) is 0.674. The van der Waals surface area contributed by atoms with Crippen molar-refractivity contribution < 1.29 is 9.31 Å². The fraction of sp³-hybridized carbons (Fsp3) is 0.538. The standard InChI is InChI=1S/C13H18FN3O2/c1-13(15-2)3-5-16(6-4-13)11-7-10(14)8-12(9-11)17(18)19/h7-9,15H,3-6H2,1-2H3. The smallest absolute Gasteiger partial charge is 0.274 e. The molecule has 1 heterocycles. The second kappa shape index (κ2) is 5.13. The second-order valence-electron chi connectivity index (χ2n) is 5.22. The number of nitro groups is 1. The molecule has 1 aliphatic rings. The summed E-state index contributed by atoms with van der Waals surface area (Å²) < 4.78 is 13.4. The fourth-order valence-electron chi connectivity index (χ4n) is 2.36. The summed E-state index contributed by atoms with van der Waals surface area (Å²) in [5.41, 5.74) is 0.484. The number of nitrogens with one attached hydrogen (secondary N) is 1. The van der Waals surface area contributed by atoms with Gasteiger partial charge in [-0.15, -0.1) is 0 Å². The normalized spacial score (nSPS) is 18.4. The molecule has 1 aromatic carbocycles. The van der Waals surface area contributed by atoms with Crippen molar-refractivity contribution in [1.82, 2.24) is 5.32 Å². The molecule has 5 nitrogen and oxygen atoms in total. The van der Waals surface area contributed by atoms with Crippen LogP contribution in [0.25, 0.3) is 0 Å². The van der Waals surface area contributed by atoms with Gasteiger partial charge < -0.3 is 10.2 Å². The van der Waals surface area contributed by atoms with Gasteiger partial charge in [-0.3, -0.25) is 10.1 Å². The van der Waals surface area contributed by atoms with E-state index in [1.54, 1.807) is 0 Å². The third kappa shape index (κ3) is 3.01. The van der Waals surface area contributed by atoms with E-state index in [4.69, 9.17) is 0 Å². The number of hydrogen-bond donors (Lipinski definition) is 1. The highest BCUT2D eigenvalue weighted by Gasteiger charge is 2.29. The van der Waals surface area contributed by atoms with Crippen LogP contribution in [-0.4, -0.2) is 30.6 Å². The number of non-ortho nitro benzene ring substituents is 1. The van der Waals surface area contributed by atoms with Crippen molar-refractivity contribution in [3.05, 3.63) is 34.1 Å². The summed E-state index contributed by atoms with van der Waals surface area (Å²) in [7, 11) is 1.93. The van der Waals surface area contributed by atoms with E-state index in [1.165, 1.54) is 12.1 Å². The van der Waals surface area contributed by atoms with Crippen LogP contribution >= 0.6 is 0 Å². The van der Waals surface area contributed by atoms with E-state index in [1.807, 2.05) is 11.9 Å². The number of hydrogen-bond acceptors (Lipinski definition) is 4. The van der Waals surface area contributed by atoms with Gasteiger partial charge in [0.1, 0.15) is 5.82 Å². The minimum atomic E-state index is -0.564. The maximum Gasteiger partial charge on any atom is 0.274 e. The van der Waals surface area contributed by atoms with Gasteiger partial charge in [0.2, 0.25) is 0 Å². The molecule has 104 valence electrons. The van der Waals surface area contributed by atoms with Crippen LogP contribution in [0.4, 0.5) is 15.8 Å². The lowest BCUT2D eigenvalue weighted by molar-refractivity contribution is -0.385. The van der Waals surface area contributed by atoms with E-state index in [2.05, 4.69) is 12.2 Å². The van der Waals surface area contributed by atoms with Gasteiger partial charge in [0.15, 0.2) is 0 Å². The van der Waals surface area contributed by atoms with Gasteiger partial charge in [-0.1, -0.05) is 0 Å². The van der Waals surface area contributed by atoms with E-state index < -0.39 is 10.7 Å². The van der Waals surface area contributed by atoms with E-state index in [0.717, 1.165) is 32.0 Å². The maximum absolute atomic E-state index is 13.4. The van der Waals surface area contributed by atoms with Gasteiger partial charge in [-0.2, -0.15) is 0 Å². The summed E-state index contributed by atoms with van der Waals surface area (Å²) in [6, 6.07) is 3.74. The highest BCUT2D eigenvalue weighted by Crippen LogP contribution is 2.28. The van der Waals surface area contributed by atoms with Crippen molar-refractivity contribution in [3.8, 4) is 0 Å². The molecule has 6 heteroatoms. The first-order valence-electron chi connectivity index (χ1n) is 6.32. The average molecular weight is 267 g/mol. The predicted molar refractivity (Wildman–Crippen MR) is 72.0 cm³/mol. The lowest BCUT2D eigenvalue weighted by atomic mass is 9.89. The number of nitrogens with zero attached hydrogens (tertiary/aromatic N) is 2. The Kier molecular flexibility index (Phi) is 3.71. The SMILES string of the molecule is CNC1(C)CCN(c2cc(F)cc([N+](=O)[O-])c2)CC1. The Hall–Kier alpha value is -1.69. The first kappa shape index (κ1) is 13.7. The highest BCUT2D eigenvalue weighted by molar-refractivity contribution is 5.54. The number of piperidine rings is 1. The van der Waals surface area contributed by atoms with Crippen LogP contribution in [0.15, 0.2) is 18.2 Å². The largest absolute Gasteiger partial charge is 0.371 e. The number of nitro benzene ring substituents is 1. The Balaban J connectivity index is 2.17. The van der Waals surface area contributed by atoms with Crippen LogP contribution in [0.3, 0.4) is 0 Å². The highest BCUT2D eigenvalue weighted by atomic mass is 19.1. The van der Waals surface area contributed by atoms with Crippen LogP contribution in [0.5, 0.6) is 0 Å². The van der Waals surface area contributed by atoms with Crippen LogP contribution < -0.4 is 10.2 Å². The van der Waals surface area contributed by atoms with E-state index in [-0.39, 0.29) is 11.2 Å². The van der Waals surface area contributed by atoms with Crippen LogP contribution in [0.2, 0.25) is 0 Å². The Morgan fingerprint density at radius 1 is 1.37 bits per heavy atom. The Labute approximate surface area is 111 Å². The van der Waals surface area contributed by atoms with Gasteiger partial charge in [-0.25, -0.2) is 4.39 Å². The molecule has 1 aliphatic heterocycles. The third-order valence-electron chi connectivity index (χ3n) is 3.91. The molecule has 0 spiro atoms. The number of benzene rings is 1. The van der Waals surface area contributed by atoms with Crippen molar-refractivity contribution >= 4 is 11.4 Å². The van der Waals surface area contributed by atoms with Crippen molar-refractivity contribution in [2.24, 2.45) is 0 Å². The summed E-state index contributed by atoms with van der Waals surface area (Å²) >= 11 is 0. The second-order valence-corrected chi connectivity index (χ2v) is 5.22. The molecule has 0 amide bonds. The third-order valence-corrected chi connectivity index (χ3v) is 3.91. The molecule has 0 saturated carbocycles. The van der Waals surface area contributed by atoms with Gasteiger partial charge in [0.05, 0.1) is 11.0 Å². The molecule has 1 aromatic rings. The van der Waals surface area contributed by atoms with Crippen LogP contribution in [-0.2, 0) is 0 Å². The average Bonchev–Trinajstić information content (AvgIpc) is 2.39. The Bertz CT molecular complexity index is 485. The zero-order valence-electron chi connectivity index (χ0n) is 11.1. The minimum absolute atomic E-state index is 0.0930. The van der Waals surface area contributed by atoms with Crippen molar-refractivity contribution in [3.63, 3.8) is 0 Å². The summed E-state index contributed by atoms with van der Waals surface area (Å²) in [5.74, 6) is -0.564. The molecule has 0 atom stereocenters. The Morgan fingerprint density at radius 2 is 2.00 bits per heavy atom. The molecule has 0 radical (unpaired) electrons. The maximum atomic E-state index is 13.4. The molecule has 1 N–H and O–H groups in total. The zero-order valence-corrected chi connectivity index (χ0v) is 11.1. The molecular weight excluding hydrogens is 249 g/mol. The van der Waals surface area contributed by atoms with Crippen molar-refractivity contribution in [2.75, 3.05) is 25.0 Å². The number of anilines is 1. The van der Waals surface area contributed by atoms with Gasteiger partial charge in [0, 0.05) is 30.4 Å². The summed E-state index contributed by atoms with van der Waals surface area (Å²) in [6.45, 7) is 3.67. The predicted octanol–water partition coefficient (Wildman–Crippen LogP) is 2.31. The van der Waals surface area contributed by atoms with E-state index in [9.17, 15) is 14.5 Å². The van der Waals surface area contributed by atoms with E-state index >= 15 is 0 Å². The molecule has 1 fully saturated rings. The first-order valence-corrected chi connectivity index (χ1v) is 6.32. The lowest BCUT2D eigenvalue weighted by Crippen LogP contribution is -2.50. The topological polar surface area (TPSA) is 58.4 Å². The Morgan fingerprint density at radius 3 is 2.53 bits per heavy atom. The molecule has 0 aliphatic carbocycles. The van der Waals surface area contributed by atoms with Crippen molar-refractivity contribution in [2.45, 2.75) is 25.3 Å². The number of rotatable bonds is 3. The van der Waals surface area contributed by atoms with Crippen molar-refractivity contribution in [1.29, 1.82) is 0 Å². The van der Waals surface area contributed by atoms with Crippen LogP contribution in [0.1, 0.15) is 19.8 Å². The van der Waals surface area contributed by atoms with Gasteiger partial charge >= 0.3 is 0 Å². The fourth-order valence-corrected chi connectivity index (χ4v) is 2.36. The van der Waals surface area contributed by atoms with Crippen LogP contribution in [0, 0.1) is 15.9 Å². The number of halogens is 1. The lowest BCUT2D eigenvalue weighted by Gasteiger charge is -2.40. The molecule has 0 bridgehead atoms.